The molecule has 1 N–H and O–H groups in total. The lowest BCUT2D eigenvalue weighted by Crippen LogP contribution is -2.44. The molecule has 0 radical (unpaired) electrons. The highest BCUT2D eigenvalue weighted by Gasteiger charge is 2.60. The third-order valence-electron chi connectivity index (χ3n) is 6.39. The molecule has 5 aliphatic rings. The molecular weight excluding hydrogens is 312 g/mol. The molecule has 136 valence electrons. The van der Waals surface area contributed by atoms with E-state index in [4.69, 9.17) is 23.7 Å². The van der Waals surface area contributed by atoms with Crippen LogP contribution in [0.1, 0.15) is 64.2 Å². The molecule has 0 amide bonds. The van der Waals surface area contributed by atoms with Crippen LogP contribution in [0, 0.1) is 0 Å². The molecule has 5 rings (SSSR count). The zero-order valence-corrected chi connectivity index (χ0v) is 14.2. The first-order valence-corrected chi connectivity index (χ1v) is 9.70. The summed E-state index contributed by atoms with van der Waals surface area (Å²) in [5.41, 5.74) is 0. The number of ether oxygens (including phenoxy) is 5. The van der Waals surface area contributed by atoms with Gasteiger partial charge in [0.1, 0.15) is 24.4 Å². The van der Waals surface area contributed by atoms with E-state index < -0.39 is 36.2 Å². The lowest BCUT2D eigenvalue weighted by Gasteiger charge is -2.34. The van der Waals surface area contributed by atoms with Crippen molar-refractivity contribution in [2.24, 2.45) is 0 Å². The maximum absolute atomic E-state index is 10.8. The monoisotopic (exact) mass is 340 g/mol. The molecule has 2 unspecified atom stereocenters. The molecule has 2 spiro atoms. The Labute approximate surface area is 142 Å². The maximum Gasteiger partial charge on any atom is 0.190 e. The van der Waals surface area contributed by atoms with E-state index in [0.717, 1.165) is 51.4 Å². The molecule has 24 heavy (non-hydrogen) atoms. The Morgan fingerprint density at radius 3 is 2.04 bits per heavy atom. The van der Waals surface area contributed by atoms with E-state index >= 15 is 0 Å². The van der Waals surface area contributed by atoms with Gasteiger partial charge in [-0.1, -0.05) is 12.8 Å². The predicted octanol–water partition coefficient (Wildman–Crippen LogP) is 2.22. The molecule has 3 heterocycles. The van der Waals surface area contributed by atoms with Crippen molar-refractivity contribution in [1.29, 1.82) is 0 Å². The van der Waals surface area contributed by atoms with Crippen LogP contribution < -0.4 is 0 Å². The molecule has 2 aliphatic carbocycles. The van der Waals surface area contributed by atoms with E-state index in [0.29, 0.717) is 6.61 Å². The second-order valence-corrected chi connectivity index (χ2v) is 8.07. The van der Waals surface area contributed by atoms with Gasteiger partial charge < -0.3 is 28.8 Å². The maximum atomic E-state index is 10.8. The van der Waals surface area contributed by atoms with E-state index in [9.17, 15) is 5.11 Å². The van der Waals surface area contributed by atoms with Gasteiger partial charge in [-0.2, -0.15) is 0 Å². The largest absolute Gasteiger partial charge is 0.387 e. The Bertz CT molecular complexity index is 470. The SMILES string of the molecule is O[C@H]1[C@@H](C2COC3(CCCCC3)O2)OC2OC3(CCCCC3)O[C@@H]21. The molecule has 3 saturated heterocycles. The second-order valence-electron chi connectivity index (χ2n) is 8.07. The summed E-state index contributed by atoms with van der Waals surface area (Å²) in [6.45, 7) is 0.478. The van der Waals surface area contributed by atoms with Gasteiger partial charge in [-0.15, -0.1) is 0 Å². The van der Waals surface area contributed by atoms with Crippen LogP contribution >= 0.6 is 0 Å². The van der Waals surface area contributed by atoms with E-state index in [-0.39, 0.29) is 6.10 Å². The highest BCUT2D eigenvalue weighted by atomic mass is 16.8. The highest BCUT2D eigenvalue weighted by Crippen LogP contribution is 2.47. The van der Waals surface area contributed by atoms with Crippen molar-refractivity contribution < 1.29 is 28.8 Å². The van der Waals surface area contributed by atoms with Gasteiger partial charge >= 0.3 is 0 Å². The van der Waals surface area contributed by atoms with Crippen LogP contribution in [0.5, 0.6) is 0 Å². The number of aliphatic hydroxyl groups excluding tert-OH is 1. The summed E-state index contributed by atoms with van der Waals surface area (Å²) in [6.07, 6.45) is 8.38. The predicted molar refractivity (Wildman–Crippen MR) is 83.1 cm³/mol. The molecule has 0 aromatic rings. The number of rotatable bonds is 1. The molecule has 5 fully saturated rings. The van der Waals surface area contributed by atoms with Gasteiger partial charge in [0.15, 0.2) is 17.9 Å². The first-order chi connectivity index (χ1) is 11.7. The molecule has 6 heteroatoms. The van der Waals surface area contributed by atoms with E-state index in [1.54, 1.807) is 0 Å². The summed E-state index contributed by atoms with van der Waals surface area (Å²) in [4.78, 5) is 0. The fraction of sp³-hybridized carbons (Fsp3) is 1.00. The van der Waals surface area contributed by atoms with Gasteiger partial charge in [0.25, 0.3) is 0 Å². The third-order valence-corrected chi connectivity index (χ3v) is 6.39. The van der Waals surface area contributed by atoms with Crippen LogP contribution in [-0.2, 0) is 23.7 Å². The van der Waals surface area contributed by atoms with E-state index in [1.807, 2.05) is 0 Å². The van der Waals surface area contributed by atoms with Crippen LogP contribution in [0.3, 0.4) is 0 Å². The standard InChI is InChI=1S/C18H28O6/c19-13-14(12-11-20-17(22-12)7-3-1-4-8-17)21-16-15(13)23-18(24-16)9-5-2-6-10-18/h12-16,19H,1-11H2/t12?,13-,14+,15+,16?/m0/s1. The Morgan fingerprint density at radius 2 is 1.38 bits per heavy atom. The highest BCUT2D eigenvalue weighted by molar-refractivity contribution is 5.00. The molecule has 0 bridgehead atoms. The summed E-state index contributed by atoms with van der Waals surface area (Å²) in [5.74, 6) is -0.979. The summed E-state index contributed by atoms with van der Waals surface area (Å²) >= 11 is 0. The fourth-order valence-corrected chi connectivity index (χ4v) is 5.09. The normalized spacial score (nSPS) is 46.6. The van der Waals surface area contributed by atoms with Gasteiger partial charge in [0, 0.05) is 25.7 Å². The van der Waals surface area contributed by atoms with Gasteiger partial charge in [-0.25, -0.2) is 0 Å². The average molecular weight is 340 g/mol. The van der Waals surface area contributed by atoms with Crippen LogP contribution in [0.4, 0.5) is 0 Å². The number of hydrogen-bond acceptors (Lipinski definition) is 6. The third kappa shape index (κ3) is 2.54. The van der Waals surface area contributed by atoms with Crippen molar-refractivity contribution in [3.8, 4) is 0 Å². The zero-order chi connectivity index (χ0) is 16.2. The van der Waals surface area contributed by atoms with E-state index in [2.05, 4.69) is 0 Å². The van der Waals surface area contributed by atoms with Crippen LogP contribution in [0.2, 0.25) is 0 Å². The van der Waals surface area contributed by atoms with Crippen molar-refractivity contribution in [1.82, 2.24) is 0 Å². The van der Waals surface area contributed by atoms with Crippen LogP contribution in [0.15, 0.2) is 0 Å². The summed E-state index contributed by atoms with van der Waals surface area (Å²) in [7, 11) is 0. The fourth-order valence-electron chi connectivity index (χ4n) is 5.09. The summed E-state index contributed by atoms with van der Waals surface area (Å²) in [6, 6.07) is 0. The van der Waals surface area contributed by atoms with E-state index in [1.165, 1.54) is 12.8 Å². The number of aliphatic hydroxyl groups is 1. The average Bonchev–Trinajstić information content (AvgIpc) is 3.23. The number of fused-ring (bicyclic) bond motifs is 1. The van der Waals surface area contributed by atoms with Crippen molar-refractivity contribution in [2.75, 3.05) is 6.61 Å². The summed E-state index contributed by atoms with van der Waals surface area (Å²) in [5, 5.41) is 10.8. The van der Waals surface area contributed by atoms with Gasteiger partial charge in [-0.3, -0.25) is 0 Å². The molecule has 0 aromatic carbocycles. The minimum Gasteiger partial charge on any atom is -0.387 e. The Balaban J connectivity index is 1.24. The van der Waals surface area contributed by atoms with Gasteiger partial charge in [0.05, 0.1) is 6.61 Å². The van der Waals surface area contributed by atoms with Crippen molar-refractivity contribution >= 4 is 0 Å². The second kappa shape index (κ2) is 5.89. The van der Waals surface area contributed by atoms with Crippen molar-refractivity contribution in [3.05, 3.63) is 0 Å². The lowest BCUT2D eigenvalue weighted by molar-refractivity contribution is -0.259. The number of hydrogen-bond donors (Lipinski definition) is 1. The first kappa shape index (κ1) is 16.0. The molecule has 2 saturated carbocycles. The van der Waals surface area contributed by atoms with Crippen LogP contribution in [-0.4, -0.2) is 54.0 Å². The van der Waals surface area contributed by atoms with Crippen LogP contribution in [0.25, 0.3) is 0 Å². The summed E-state index contributed by atoms with van der Waals surface area (Å²) < 4.78 is 30.5. The molecule has 5 atom stereocenters. The molecule has 6 nitrogen and oxygen atoms in total. The Morgan fingerprint density at radius 1 is 0.708 bits per heavy atom. The minimum absolute atomic E-state index is 0.238. The Kier molecular flexibility index (Phi) is 3.92. The molecular formula is C18H28O6. The minimum atomic E-state index is -0.719. The Hall–Kier alpha value is -0.240. The lowest BCUT2D eigenvalue weighted by atomic mass is 9.94. The van der Waals surface area contributed by atoms with Gasteiger partial charge in [0.2, 0.25) is 0 Å². The molecule has 0 aromatic heterocycles. The topological polar surface area (TPSA) is 66.4 Å². The van der Waals surface area contributed by atoms with Gasteiger partial charge in [-0.05, 0) is 25.7 Å². The van der Waals surface area contributed by atoms with Crippen molar-refractivity contribution in [2.45, 2.75) is 106 Å². The molecule has 3 aliphatic heterocycles. The van der Waals surface area contributed by atoms with Crippen molar-refractivity contribution in [3.63, 3.8) is 0 Å². The quantitative estimate of drug-likeness (QED) is 0.789. The first-order valence-electron chi connectivity index (χ1n) is 9.70. The zero-order valence-electron chi connectivity index (χ0n) is 14.2. The smallest absolute Gasteiger partial charge is 0.190 e.